The fourth-order valence-corrected chi connectivity index (χ4v) is 0. The van der Waals surface area contributed by atoms with Gasteiger partial charge in [0.05, 0.1) is 0 Å². The molecule has 0 atom stereocenters. The van der Waals surface area contributed by atoms with Gasteiger partial charge in [-0.15, -0.1) is 0 Å². The molecule has 0 amide bonds. The van der Waals surface area contributed by atoms with Crippen molar-refractivity contribution < 1.29 is 3240 Å². The van der Waals surface area contributed by atoms with E-state index in [0.717, 1.165) is 0 Å². The summed E-state index contributed by atoms with van der Waals surface area (Å²) in [6, 6.07) is 0. The summed E-state index contributed by atoms with van der Waals surface area (Å²) in [5, 5.41) is 0. The molecule has 120 heteroatoms. The average molecular weight is 3920 g/mol. The quantitative estimate of drug-likeness (QED) is 0.218. The van der Waals surface area contributed by atoms with Gasteiger partial charge >= 0.3 is 0 Å². The van der Waals surface area contributed by atoms with Crippen LogP contribution in [0.15, 0.2) is 0 Å². The van der Waals surface area contributed by atoms with Gasteiger partial charge < -0.3 is 219 Å². The second-order valence-corrected chi connectivity index (χ2v) is 0. The summed E-state index contributed by atoms with van der Waals surface area (Å²) >= 11 is 0. The van der Waals surface area contributed by atoms with Gasteiger partial charge in [-0.1, -0.05) is 0 Å². The van der Waals surface area contributed by atoms with Crippen LogP contribution in [0.25, 0.3) is 0 Å². The molecule has 0 aromatic heterocycles. The Morgan fingerprint density at radius 1 is 0.0167 bits per heavy atom. The largest absolute Gasteiger partial charge is 0.412 e. The molecule has 0 aromatic carbocycles. The van der Waals surface area contributed by atoms with Crippen molar-refractivity contribution in [1.82, 2.24) is 0 Å². The zero-order valence-electron chi connectivity index (χ0n) is 48.3. The van der Waals surface area contributed by atoms with Crippen molar-refractivity contribution in [1.29, 1.82) is 0 Å². The Balaban J connectivity index is 0. The predicted octanol–water partition coefficient (Wildman–Crippen LogP) is -33.0. The summed E-state index contributed by atoms with van der Waals surface area (Å²) in [7, 11) is 0. The molecule has 0 spiro atoms. The summed E-state index contributed by atoms with van der Waals surface area (Å²) in [6.07, 6.45) is 0. The topological polar surface area (TPSA) is 1260 Å². The van der Waals surface area contributed by atoms with E-state index in [1.165, 1.54) is 0 Å². The van der Waals surface area contributed by atoms with Crippen LogP contribution in [0.1, 0.15) is 0 Å². The summed E-state index contributed by atoms with van der Waals surface area (Å²) in [4.78, 5) is 0. The Hall–Kier alpha value is 99.2. The minimum atomic E-state index is 0. The molecule has 0 unspecified atom stereocenters. The van der Waals surface area contributed by atoms with E-state index in [0.29, 0.717) is 0 Å². The molecule has 0 bridgehead atoms. The molecule has 0 fully saturated rings. The maximum atomic E-state index is 0. The third kappa shape index (κ3) is 1030. The Bertz CT molecular complexity index is 110. The van der Waals surface area contributed by atoms with Crippen LogP contribution in [0.4, 0.5) is 0 Å². The maximum absolute atomic E-state index is 0. The normalized spacial score (nSPS) is 0. The van der Waals surface area contributed by atoms with E-state index in [4.69, 9.17) is 0 Å². The molecule has 40 nitrogen and oxygen atoms in total. The smallest absolute Gasteiger partial charge is 0 e. The van der Waals surface area contributed by atoms with Crippen LogP contribution >= 0.6 is 0 Å². The van der Waals surface area contributed by atoms with Crippen LogP contribution in [-0.4, -0.2) is 219 Å². The fraction of sp³-hybridized carbons (Fsp3) is 0. The van der Waals surface area contributed by atoms with E-state index in [2.05, 4.69) is 0 Å². The van der Waals surface area contributed by atoms with Gasteiger partial charge in [-0.3, -0.25) is 0 Å². The second-order valence-electron chi connectivity index (χ2n) is 0. The fourth-order valence-electron chi connectivity index (χ4n) is 0. The molecule has 0 aliphatic rings. The van der Waals surface area contributed by atoms with Crippen molar-refractivity contribution in [2.24, 2.45) is 0 Å². The first-order valence-corrected chi connectivity index (χ1v) is 0. The van der Waals surface area contributed by atoms with Crippen LogP contribution in [-0.2, 0) is 0 Å². The molecule has 0 heterocycles. The van der Waals surface area contributed by atoms with Crippen molar-refractivity contribution >= 4 is 0 Å². The first kappa shape index (κ1) is 1060. The van der Waals surface area contributed by atoms with Crippen molar-refractivity contribution in [3.63, 3.8) is 0 Å². The molecule has 0 radical (unpaired) electrons. The van der Waals surface area contributed by atoms with Gasteiger partial charge in [0.15, 0.2) is 0 Å². The van der Waals surface area contributed by atoms with Crippen molar-refractivity contribution in [3.05, 3.63) is 0 Å². The SMILES string of the molecule is O.O.O.O.O.O.O.O.O.O.O.O.O.O.O.O.O.O.O.O.O.O.O.O.O.O.O.O.O.O.O.O.O.O.O.O.O.O.O.O.[Ar].[Ar].[Ar].[Ar].[Ar].[Ar].[Ar].[Ar].[Ar].[Ar].[Ar].[Ar].[Ar].[Ar].[Ar].[Ar].[Ar].[Ar].[Ar].[Ar].[Ar].[Ar].[Ar].[Ar].[Ar].[Ar].[Ar].[Ar].[Ar].[Ar].[Ar].[Ar].[Ar].[Ar].[Ar].[Ar].[Ar].[Ar].[Ar].[Ar].[Ar].[Ar].[Ar].[Ar].[Ar].[Ar].[Ar].[Ar].[Ar].[Ar].[Ar].[Ar].[Ar].[Ar].[Ar].[Ar].[Ar].[Ar].[Ar].[Ar].[Ar].[Ar].[Ar].[Ar].[Ar].[Ar].[Ar].[Ar].[Ar].[Ar].[Ar].[Ar].[Ar].[Ar].[Ar].[Ar].[Ar].[Ar].[Ar].[Ar]. The van der Waals surface area contributed by atoms with Crippen molar-refractivity contribution in [2.45, 2.75) is 0 Å². The molecule has 0 aromatic rings. The average Bonchev–Trinajstić information content (AvgIpc) is 0. The zero-order valence-corrected chi connectivity index (χ0v) is 105. The monoisotopic (exact) mass is 3920 g/mol. The summed E-state index contributed by atoms with van der Waals surface area (Å²) in [5.41, 5.74) is 0. The Morgan fingerprint density at radius 3 is 0.0167 bits per heavy atom. The Labute approximate surface area is 3110 Å². The molecule has 80 N–H and O–H groups in total. The van der Waals surface area contributed by atoms with Gasteiger partial charge in [0, 0.05) is 3020 Å². The molecule has 0 aliphatic carbocycles. The van der Waals surface area contributed by atoms with Gasteiger partial charge in [0.2, 0.25) is 0 Å². The van der Waals surface area contributed by atoms with E-state index < -0.39 is 0 Å². The molecule has 0 saturated carbocycles. The van der Waals surface area contributed by atoms with E-state index in [1.54, 1.807) is 0 Å². The van der Waals surface area contributed by atoms with E-state index >= 15 is 0 Å². The summed E-state index contributed by atoms with van der Waals surface area (Å²) in [6.45, 7) is 0. The number of rotatable bonds is 0. The maximum Gasteiger partial charge on any atom is 0 e. The molecule has 0 rings (SSSR count). The van der Waals surface area contributed by atoms with Gasteiger partial charge in [0.25, 0.3) is 0 Å². The summed E-state index contributed by atoms with van der Waals surface area (Å²) < 4.78 is 0. The van der Waals surface area contributed by atoms with Crippen LogP contribution in [0.3, 0.4) is 0 Å². The standard InChI is InChI=1S/80Ar.40H2O/h;;;;;;;;;;;;;;;;;;;;;;;;;;;;;;;;;;;;;;;;;;;;;;;;;;;;;;;;;;;;;;;;;;;;;;;;;;;;;;;;40*1H2. The van der Waals surface area contributed by atoms with Crippen LogP contribution < -0.4 is 0 Å². The third-order valence-corrected chi connectivity index (χ3v) is 0. The first-order chi connectivity index (χ1) is 0. The van der Waals surface area contributed by atoms with Crippen molar-refractivity contribution in [2.75, 3.05) is 0 Å². The molecule has 0 saturated heterocycles. The van der Waals surface area contributed by atoms with Crippen LogP contribution in [0.5, 0.6) is 0 Å². The van der Waals surface area contributed by atoms with Gasteiger partial charge in [-0.05, 0) is 0 Å². The Morgan fingerprint density at radius 2 is 0.0167 bits per heavy atom. The summed E-state index contributed by atoms with van der Waals surface area (Å²) in [5.74, 6) is 0. The van der Waals surface area contributed by atoms with E-state index in [-0.39, 0.29) is 3240 Å². The molecule has 0 aliphatic heterocycles. The second kappa shape index (κ2) is 1050. The number of hydrogen-bond acceptors (Lipinski definition) is 0. The zero-order chi connectivity index (χ0) is 0. The minimum Gasteiger partial charge on any atom is -0.412 e. The molecular weight excluding hydrogens is 3840 g/mol. The Kier molecular flexibility index (Phi) is 9250. The van der Waals surface area contributed by atoms with Gasteiger partial charge in [0.1, 0.15) is 0 Å². The molecule has 120 heavy (non-hydrogen) atoms. The van der Waals surface area contributed by atoms with Crippen LogP contribution in [0, 0.1) is 3020 Å². The van der Waals surface area contributed by atoms with Crippen molar-refractivity contribution in [3.8, 4) is 0 Å². The predicted molar refractivity (Wildman–Crippen MR) is 145 cm³/mol. The minimum absolute atomic E-state index is 0. The van der Waals surface area contributed by atoms with Gasteiger partial charge in [-0.25, -0.2) is 0 Å². The van der Waals surface area contributed by atoms with Crippen LogP contribution in [0.2, 0.25) is 0 Å². The number of hydrogen-bond donors (Lipinski definition) is 0. The third-order valence-electron chi connectivity index (χ3n) is 0. The molecule has 960 valence electrons. The van der Waals surface area contributed by atoms with Gasteiger partial charge in [-0.2, -0.15) is 0 Å². The molecular formula is H80Ar80O40. The van der Waals surface area contributed by atoms with E-state index in [9.17, 15) is 0 Å². The van der Waals surface area contributed by atoms with E-state index in [1.807, 2.05) is 0 Å². The first-order valence-electron chi connectivity index (χ1n) is 0.